The van der Waals surface area contributed by atoms with Crippen LogP contribution >= 0.6 is 0 Å². The first-order valence-electron chi connectivity index (χ1n) is 5.05. The average Bonchev–Trinajstić information content (AvgIpc) is 2.15. The molecule has 76 valence electrons. The number of hydrogen-bond acceptors (Lipinski definition) is 3. The molecule has 0 N–H and O–H groups in total. The molecule has 1 fully saturated rings. The van der Waals surface area contributed by atoms with Gasteiger partial charge >= 0.3 is 0 Å². The predicted molar refractivity (Wildman–Crippen MR) is 51.8 cm³/mol. The molecule has 1 unspecified atom stereocenters. The zero-order chi connectivity index (χ0) is 9.68. The predicted octanol–water partition coefficient (Wildman–Crippen LogP) is 1.08. The van der Waals surface area contributed by atoms with E-state index < -0.39 is 0 Å². The summed E-state index contributed by atoms with van der Waals surface area (Å²) < 4.78 is 5.38. The molecule has 0 aromatic carbocycles. The van der Waals surface area contributed by atoms with Crippen molar-refractivity contribution < 1.29 is 9.53 Å². The van der Waals surface area contributed by atoms with E-state index in [0.29, 0.717) is 12.5 Å². The fourth-order valence-corrected chi connectivity index (χ4v) is 1.66. The first-order valence-corrected chi connectivity index (χ1v) is 5.05. The topological polar surface area (TPSA) is 29.5 Å². The lowest BCUT2D eigenvalue weighted by Crippen LogP contribution is -2.45. The van der Waals surface area contributed by atoms with E-state index >= 15 is 0 Å². The van der Waals surface area contributed by atoms with Crippen molar-refractivity contribution in [2.45, 2.75) is 32.7 Å². The standard InChI is InChI=1S/C10H19NO2/c1-3-10-8-13-7-6-11(10)5-4-9(2)12/h10H,3-8H2,1-2H3. The van der Waals surface area contributed by atoms with Crippen molar-refractivity contribution in [1.82, 2.24) is 4.90 Å². The summed E-state index contributed by atoms with van der Waals surface area (Å²) in [6.45, 7) is 7.34. The maximum absolute atomic E-state index is 10.8. The Morgan fingerprint density at radius 2 is 2.38 bits per heavy atom. The van der Waals surface area contributed by atoms with E-state index in [4.69, 9.17) is 4.74 Å². The van der Waals surface area contributed by atoms with Crippen molar-refractivity contribution >= 4 is 5.78 Å². The van der Waals surface area contributed by atoms with Gasteiger partial charge in [0, 0.05) is 25.6 Å². The van der Waals surface area contributed by atoms with Gasteiger partial charge in [0.05, 0.1) is 13.2 Å². The molecule has 0 radical (unpaired) electrons. The van der Waals surface area contributed by atoms with Crippen LogP contribution in [0.3, 0.4) is 0 Å². The Kier molecular flexibility index (Phi) is 4.39. The zero-order valence-electron chi connectivity index (χ0n) is 8.58. The lowest BCUT2D eigenvalue weighted by atomic mass is 10.1. The third-order valence-corrected chi connectivity index (χ3v) is 2.57. The molecule has 1 atom stereocenters. The number of hydrogen-bond donors (Lipinski definition) is 0. The molecule has 0 bridgehead atoms. The van der Waals surface area contributed by atoms with Gasteiger partial charge in [-0.2, -0.15) is 0 Å². The van der Waals surface area contributed by atoms with Crippen LogP contribution in [0, 0.1) is 0 Å². The van der Waals surface area contributed by atoms with Gasteiger partial charge in [0.25, 0.3) is 0 Å². The van der Waals surface area contributed by atoms with E-state index in [9.17, 15) is 4.79 Å². The largest absolute Gasteiger partial charge is 0.378 e. The maximum Gasteiger partial charge on any atom is 0.131 e. The van der Waals surface area contributed by atoms with Crippen LogP contribution in [-0.4, -0.2) is 43.0 Å². The SMILES string of the molecule is CCC1COCCN1CCC(C)=O. The first-order chi connectivity index (χ1) is 6.24. The molecule has 0 spiro atoms. The summed E-state index contributed by atoms with van der Waals surface area (Å²) in [5.74, 6) is 0.279. The number of morpholine rings is 1. The number of ketones is 1. The number of rotatable bonds is 4. The molecule has 0 saturated carbocycles. The molecule has 1 heterocycles. The van der Waals surface area contributed by atoms with Gasteiger partial charge in [0.15, 0.2) is 0 Å². The number of ether oxygens (including phenoxy) is 1. The molecule has 3 nitrogen and oxygen atoms in total. The normalized spacial score (nSPS) is 24.6. The highest BCUT2D eigenvalue weighted by Gasteiger charge is 2.20. The number of carbonyl (C=O) groups excluding carboxylic acids is 1. The van der Waals surface area contributed by atoms with Crippen molar-refractivity contribution in [3.05, 3.63) is 0 Å². The van der Waals surface area contributed by atoms with E-state index in [0.717, 1.165) is 32.7 Å². The Hall–Kier alpha value is -0.410. The Morgan fingerprint density at radius 3 is 3.00 bits per heavy atom. The highest BCUT2D eigenvalue weighted by atomic mass is 16.5. The first kappa shape index (κ1) is 10.7. The third-order valence-electron chi connectivity index (χ3n) is 2.57. The smallest absolute Gasteiger partial charge is 0.131 e. The second-order valence-electron chi connectivity index (χ2n) is 3.62. The second kappa shape index (κ2) is 5.35. The Morgan fingerprint density at radius 1 is 1.62 bits per heavy atom. The quantitative estimate of drug-likeness (QED) is 0.656. The van der Waals surface area contributed by atoms with Crippen LogP contribution in [0.4, 0.5) is 0 Å². The van der Waals surface area contributed by atoms with Crippen LogP contribution in [0.15, 0.2) is 0 Å². The van der Waals surface area contributed by atoms with Gasteiger partial charge in [-0.1, -0.05) is 6.92 Å². The molecular formula is C10H19NO2. The van der Waals surface area contributed by atoms with Crippen LogP contribution in [0.5, 0.6) is 0 Å². The Balaban J connectivity index is 2.31. The van der Waals surface area contributed by atoms with Crippen LogP contribution < -0.4 is 0 Å². The summed E-state index contributed by atoms with van der Waals surface area (Å²) in [5, 5.41) is 0. The van der Waals surface area contributed by atoms with Crippen molar-refractivity contribution in [3.63, 3.8) is 0 Å². The summed E-state index contributed by atoms with van der Waals surface area (Å²) >= 11 is 0. The van der Waals surface area contributed by atoms with Crippen LogP contribution in [-0.2, 0) is 9.53 Å². The lowest BCUT2D eigenvalue weighted by Gasteiger charge is -2.34. The van der Waals surface area contributed by atoms with Gasteiger partial charge in [-0.05, 0) is 13.3 Å². The van der Waals surface area contributed by atoms with Crippen molar-refractivity contribution in [2.24, 2.45) is 0 Å². The van der Waals surface area contributed by atoms with E-state index in [1.54, 1.807) is 6.92 Å². The van der Waals surface area contributed by atoms with Crippen LogP contribution in [0.25, 0.3) is 0 Å². The third kappa shape index (κ3) is 3.44. The summed E-state index contributed by atoms with van der Waals surface area (Å²) in [5.41, 5.74) is 0. The molecule has 3 heteroatoms. The van der Waals surface area contributed by atoms with Gasteiger partial charge in [-0.25, -0.2) is 0 Å². The Bertz CT molecular complexity index is 170. The minimum absolute atomic E-state index is 0.279. The number of nitrogens with zero attached hydrogens (tertiary/aromatic N) is 1. The van der Waals surface area contributed by atoms with E-state index in [-0.39, 0.29) is 5.78 Å². The zero-order valence-corrected chi connectivity index (χ0v) is 8.58. The molecule has 0 aliphatic carbocycles. The van der Waals surface area contributed by atoms with Gasteiger partial charge in [-0.15, -0.1) is 0 Å². The molecule has 1 aliphatic rings. The van der Waals surface area contributed by atoms with Gasteiger partial charge in [0.1, 0.15) is 5.78 Å². The summed E-state index contributed by atoms with van der Waals surface area (Å²) in [6.07, 6.45) is 1.79. The fourth-order valence-electron chi connectivity index (χ4n) is 1.66. The second-order valence-corrected chi connectivity index (χ2v) is 3.62. The highest BCUT2D eigenvalue weighted by molar-refractivity contribution is 5.75. The van der Waals surface area contributed by atoms with Gasteiger partial charge < -0.3 is 4.74 Å². The van der Waals surface area contributed by atoms with Crippen molar-refractivity contribution in [1.29, 1.82) is 0 Å². The van der Waals surface area contributed by atoms with Crippen LogP contribution in [0.2, 0.25) is 0 Å². The fraction of sp³-hybridized carbons (Fsp3) is 0.900. The van der Waals surface area contributed by atoms with Crippen molar-refractivity contribution in [3.8, 4) is 0 Å². The summed E-state index contributed by atoms with van der Waals surface area (Å²) in [6, 6.07) is 0.521. The maximum atomic E-state index is 10.8. The van der Waals surface area contributed by atoms with Crippen molar-refractivity contribution in [2.75, 3.05) is 26.3 Å². The summed E-state index contributed by atoms with van der Waals surface area (Å²) in [7, 11) is 0. The van der Waals surface area contributed by atoms with E-state index in [1.807, 2.05) is 0 Å². The molecule has 13 heavy (non-hydrogen) atoms. The molecule has 1 rings (SSSR count). The average molecular weight is 185 g/mol. The van der Waals surface area contributed by atoms with E-state index in [2.05, 4.69) is 11.8 Å². The molecule has 0 aromatic heterocycles. The molecular weight excluding hydrogens is 166 g/mol. The van der Waals surface area contributed by atoms with Gasteiger partial charge in [0.2, 0.25) is 0 Å². The number of Topliss-reactive ketones (excluding diaryl/α,β-unsaturated/α-hetero) is 1. The molecule has 1 aliphatic heterocycles. The van der Waals surface area contributed by atoms with Crippen LogP contribution in [0.1, 0.15) is 26.7 Å². The minimum Gasteiger partial charge on any atom is -0.378 e. The molecule has 0 aromatic rings. The Labute approximate surface area is 80.1 Å². The monoisotopic (exact) mass is 185 g/mol. The minimum atomic E-state index is 0.279. The molecule has 0 amide bonds. The number of carbonyl (C=O) groups is 1. The molecule has 1 saturated heterocycles. The van der Waals surface area contributed by atoms with Gasteiger partial charge in [-0.3, -0.25) is 9.69 Å². The highest BCUT2D eigenvalue weighted by Crippen LogP contribution is 2.10. The lowest BCUT2D eigenvalue weighted by molar-refractivity contribution is -0.117. The van der Waals surface area contributed by atoms with E-state index in [1.165, 1.54) is 0 Å². The summed E-state index contributed by atoms with van der Waals surface area (Å²) in [4.78, 5) is 13.2.